The van der Waals surface area contributed by atoms with Crippen molar-refractivity contribution >= 4 is 17.5 Å². The number of nitrogens with one attached hydrogen (secondary N) is 1. The number of benzene rings is 1. The van der Waals surface area contributed by atoms with Crippen molar-refractivity contribution in [1.29, 1.82) is 0 Å². The third-order valence-corrected chi connectivity index (χ3v) is 2.92. The summed E-state index contributed by atoms with van der Waals surface area (Å²) in [5.74, 6) is 0.212. The first-order valence-electron chi connectivity index (χ1n) is 6.43. The fraction of sp³-hybridized carbons (Fsp3) is 0.308. The molecule has 0 aliphatic heterocycles. The quantitative estimate of drug-likeness (QED) is 0.785. The molecular formula is C13H16ClN5O2. The largest absolute Gasteiger partial charge is 0.491 e. The van der Waals surface area contributed by atoms with E-state index in [1.165, 1.54) is 0 Å². The molecule has 0 radical (unpaired) electrons. The number of hydrogen-bond donors (Lipinski definition) is 2. The number of ether oxygens (including phenoxy) is 1. The highest BCUT2D eigenvalue weighted by atomic mass is 35.5. The van der Waals surface area contributed by atoms with Gasteiger partial charge in [-0.15, -0.1) is 10.2 Å². The number of amides is 1. The van der Waals surface area contributed by atoms with Crippen LogP contribution in [0, 0.1) is 0 Å². The molecule has 1 amide bonds. The van der Waals surface area contributed by atoms with Crippen molar-refractivity contribution < 1.29 is 9.53 Å². The first kappa shape index (κ1) is 15.3. The minimum absolute atomic E-state index is 0.252. The number of aromatic nitrogens is 3. The second-order valence-corrected chi connectivity index (χ2v) is 4.67. The van der Waals surface area contributed by atoms with Crippen molar-refractivity contribution in [3.8, 4) is 5.75 Å². The van der Waals surface area contributed by atoms with E-state index in [0.717, 1.165) is 0 Å². The fourth-order valence-corrected chi connectivity index (χ4v) is 1.88. The Labute approximate surface area is 127 Å². The average Bonchev–Trinajstić information content (AvgIpc) is 2.99. The Morgan fingerprint density at radius 1 is 1.38 bits per heavy atom. The Balaban J connectivity index is 1.98. The van der Waals surface area contributed by atoms with Crippen molar-refractivity contribution in [3.63, 3.8) is 0 Å². The van der Waals surface area contributed by atoms with Gasteiger partial charge in [-0.3, -0.25) is 4.79 Å². The number of carbonyl (C=O) groups is 1. The highest BCUT2D eigenvalue weighted by Gasteiger charge is 2.13. The molecule has 2 rings (SSSR count). The smallest absolute Gasteiger partial charge is 0.255 e. The van der Waals surface area contributed by atoms with Crippen LogP contribution in [0.4, 0.5) is 0 Å². The zero-order valence-electron chi connectivity index (χ0n) is 11.3. The topological polar surface area (TPSA) is 95.1 Å². The van der Waals surface area contributed by atoms with E-state index < -0.39 is 0 Å². The molecule has 7 nitrogen and oxygen atoms in total. The van der Waals surface area contributed by atoms with Gasteiger partial charge in [0.15, 0.2) is 0 Å². The van der Waals surface area contributed by atoms with E-state index in [0.29, 0.717) is 42.6 Å². The van der Waals surface area contributed by atoms with E-state index in [2.05, 4.69) is 15.5 Å². The lowest BCUT2D eigenvalue weighted by Crippen LogP contribution is -2.27. The first-order valence-corrected chi connectivity index (χ1v) is 6.81. The van der Waals surface area contributed by atoms with Gasteiger partial charge >= 0.3 is 0 Å². The van der Waals surface area contributed by atoms with E-state index in [1.807, 2.05) is 0 Å². The summed E-state index contributed by atoms with van der Waals surface area (Å²) in [4.78, 5) is 12.2. The summed E-state index contributed by atoms with van der Waals surface area (Å²) in [6.45, 7) is 1.73. The lowest BCUT2D eigenvalue weighted by atomic mass is 10.2. The third-order valence-electron chi connectivity index (χ3n) is 2.68. The second kappa shape index (κ2) is 7.61. The molecule has 8 heteroatoms. The molecule has 0 fully saturated rings. The fourth-order valence-electron chi connectivity index (χ4n) is 1.71. The number of nitrogens with zero attached hydrogens (tertiary/aromatic N) is 3. The molecule has 1 heterocycles. The van der Waals surface area contributed by atoms with Crippen molar-refractivity contribution in [2.75, 3.05) is 19.7 Å². The summed E-state index contributed by atoms with van der Waals surface area (Å²) >= 11 is 5.93. The van der Waals surface area contributed by atoms with Crippen LogP contribution >= 0.6 is 11.6 Å². The van der Waals surface area contributed by atoms with Crippen LogP contribution in [0.25, 0.3) is 0 Å². The summed E-state index contributed by atoms with van der Waals surface area (Å²) in [5, 5.41) is 10.6. The average molecular weight is 310 g/mol. The summed E-state index contributed by atoms with van der Waals surface area (Å²) in [7, 11) is 0. The van der Waals surface area contributed by atoms with Gasteiger partial charge in [0, 0.05) is 24.7 Å². The van der Waals surface area contributed by atoms with Gasteiger partial charge in [0.05, 0.1) is 5.56 Å². The molecule has 1 aromatic carbocycles. The molecule has 21 heavy (non-hydrogen) atoms. The van der Waals surface area contributed by atoms with Crippen LogP contribution in [0.5, 0.6) is 5.75 Å². The number of carbonyl (C=O) groups excluding carboxylic acids is 1. The highest BCUT2D eigenvalue weighted by Crippen LogP contribution is 2.22. The van der Waals surface area contributed by atoms with Gasteiger partial charge in [0.1, 0.15) is 25.0 Å². The van der Waals surface area contributed by atoms with Crippen molar-refractivity contribution in [2.24, 2.45) is 5.73 Å². The molecule has 0 aliphatic carbocycles. The van der Waals surface area contributed by atoms with E-state index in [1.54, 1.807) is 35.4 Å². The maximum absolute atomic E-state index is 12.2. The van der Waals surface area contributed by atoms with Gasteiger partial charge < -0.3 is 20.4 Å². The molecule has 0 saturated heterocycles. The van der Waals surface area contributed by atoms with Gasteiger partial charge in [0.2, 0.25) is 0 Å². The molecule has 0 saturated carbocycles. The molecule has 0 aliphatic rings. The van der Waals surface area contributed by atoms with Crippen molar-refractivity contribution in [1.82, 2.24) is 20.1 Å². The molecule has 0 atom stereocenters. The van der Waals surface area contributed by atoms with E-state index in [9.17, 15) is 4.79 Å². The van der Waals surface area contributed by atoms with Gasteiger partial charge in [-0.1, -0.05) is 11.6 Å². The van der Waals surface area contributed by atoms with Crippen LogP contribution in [0.15, 0.2) is 30.9 Å². The predicted octanol–water partition coefficient (Wildman–Crippen LogP) is 0.699. The number of hydrogen-bond acceptors (Lipinski definition) is 5. The zero-order chi connectivity index (χ0) is 15.1. The monoisotopic (exact) mass is 309 g/mol. The predicted molar refractivity (Wildman–Crippen MR) is 78.4 cm³/mol. The van der Waals surface area contributed by atoms with Crippen LogP contribution < -0.4 is 15.8 Å². The summed E-state index contributed by atoms with van der Waals surface area (Å²) in [6.07, 6.45) is 3.17. The minimum atomic E-state index is -0.252. The molecule has 0 bridgehead atoms. The zero-order valence-corrected chi connectivity index (χ0v) is 12.1. The Kier molecular flexibility index (Phi) is 5.53. The van der Waals surface area contributed by atoms with Crippen LogP contribution in [0.3, 0.4) is 0 Å². The molecule has 1 aromatic heterocycles. The van der Waals surface area contributed by atoms with Crippen LogP contribution in [-0.4, -0.2) is 40.4 Å². The lowest BCUT2D eigenvalue weighted by molar-refractivity contribution is 0.0948. The van der Waals surface area contributed by atoms with E-state index >= 15 is 0 Å². The van der Waals surface area contributed by atoms with Gasteiger partial charge in [0.25, 0.3) is 5.91 Å². The Hall–Kier alpha value is -2.12. The molecular weight excluding hydrogens is 294 g/mol. The Morgan fingerprint density at radius 2 is 2.14 bits per heavy atom. The van der Waals surface area contributed by atoms with Crippen LogP contribution in [0.2, 0.25) is 5.02 Å². The van der Waals surface area contributed by atoms with E-state index in [-0.39, 0.29) is 5.91 Å². The van der Waals surface area contributed by atoms with Crippen molar-refractivity contribution in [3.05, 3.63) is 41.4 Å². The van der Waals surface area contributed by atoms with Crippen molar-refractivity contribution in [2.45, 2.75) is 6.54 Å². The van der Waals surface area contributed by atoms with Gasteiger partial charge in [-0.25, -0.2) is 0 Å². The normalized spacial score (nSPS) is 10.4. The minimum Gasteiger partial charge on any atom is -0.491 e. The Bertz CT molecular complexity index is 588. The standard InChI is InChI=1S/C13H16ClN5O2/c14-10-1-2-12(21-6-3-15)11(7-10)13(20)16-4-5-19-8-17-18-9-19/h1-2,7-9H,3-6,15H2,(H,16,20). The maximum atomic E-state index is 12.2. The molecule has 2 aromatic rings. The molecule has 0 spiro atoms. The molecule has 112 valence electrons. The lowest BCUT2D eigenvalue weighted by Gasteiger charge is -2.11. The van der Waals surface area contributed by atoms with E-state index in [4.69, 9.17) is 22.1 Å². The highest BCUT2D eigenvalue weighted by molar-refractivity contribution is 6.31. The van der Waals surface area contributed by atoms with Gasteiger partial charge in [-0.05, 0) is 18.2 Å². The number of rotatable bonds is 7. The Morgan fingerprint density at radius 3 is 2.86 bits per heavy atom. The number of halogens is 1. The summed E-state index contributed by atoms with van der Waals surface area (Å²) in [6, 6.07) is 4.90. The third kappa shape index (κ3) is 4.44. The SMILES string of the molecule is NCCOc1ccc(Cl)cc1C(=O)NCCn1cnnc1. The molecule has 0 unspecified atom stereocenters. The van der Waals surface area contributed by atoms with Crippen LogP contribution in [-0.2, 0) is 6.54 Å². The second-order valence-electron chi connectivity index (χ2n) is 4.23. The molecule has 3 N–H and O–H groups in total. The summed E-state index contributed by atoms with van der Waals surface area (Å²) < 4.78 is 7.21. The number of nitrogens with two attached hydrogens (primary N) is 1. The van der Waals surface area contributed by atoms with Gasteiger partial charge in [-0.2, -0.15) is 0 Å². The summed E-state index contributed by atoms with van der Waals surface area (Å²) in [5.41, 5.74) is 5.79. The maximum Gasteiger partial charge on any atom is 0.255 e. The van der Waals surface area contributed by atoms with Crippen LogP contribution in [0.1, 0.15) is 10.4 Å². The first-order chi connectivity index (χ1) is 10.2.